The number of nitrogens with zero attached hydrogens (tertiary/aromatic N) is 4. The second kappa shape index (κ2) is 12.4. The van der Waals surface area contributed by atoms with E-state index >= 15 is 0 Å². The Balaban J connectivity index is 0.00000364. The van der Waals surface area contributed by atoms with E-state index in [4.69, 9.17) is 0 Å². The van der Waals surface area contributed by atoms with Crippen LogP contribution < -0.4 is 10.2 Å². The molecule has 1 fully saturated rings. The largest absolute Gasteiger partial charge is 0.366 e. The molecule has 1 aliphatic rings. The molecule has 2 rings (SSSR count). The van der Waals surface area contributed by atoms with Gasteiger partial charge in [0.1, 0.15) is 5.82 Å². The molecule has 1 heterocycles. The summed E-state index contributed by atoms with van der Waals surface area (Å²) in [6.07, 6.45) is 2.31. The zero-order valence-electron chi connectivity index (χ0n) is 17.1. The van der Waals surface area contributed by atoms with Crippen LogP contribution in [0.3, 0.4) is 0 Å². The van der Waals surface area contributed by atoms with Gasteiger partial charge >= 0.3 is 0 Å². The highest BCUT2D eigenvalue weighted by Crippen LogP contribution is 2.20. The van der Waals surface area contributed by atoms with Crippen LogP contribution in [0.15, 0.2) is 29.3 Å². The van der Waals surface area contributed by atoms with E-state index < -0.39 is 0 Å². The zero-order chi connectivity index (χ0) is 18.9. The Bertz CT molecular complexity index is 573. The molecule has 0 aliphatic carbocycles. The number of piperazine rings is 1. The van der Waals surface area contributed by atoms with Gasteiger partial charge in [0.05, 0.1) is 5.69 Å². The van der Waals surface area contributed by atoms with Crippen LogP contribution >= 0.6 is 24.0 Å². The first-order chi connectivity index (χ1) is 12.5. The maximum absolute atomic E-state index is 13.9. The van der Waals surface area contributed by atoms with Gasteiger partial charge in [-0.1, -0.05) is 12.1 Å². The van der Waals surface area contributed by atoms with Crippen molar-refractivity contribution in [1.82, 2.24) is 15.1 Å². The Labute approximate surface area is 181 Å². The second-order valence-electron chi connectivity index (χ2n) is 7.18. The third-order valence-electron chi connectivity index (χ3n) is 5.09. The van der Waals surface area contributed by atoms with E-state index in [0.29, 0.717) is 11.7 Å². The highest BCUT2D eigenvalue weighted by molar-refractivity contribution is 14.0. The van der Waals surface area contributed by atoms with Gasteiger partial charge in [-0.15, -0.1) is 24.0 Å². The molecule has 1 aliphatic heterocycles. The average Bonchev–Trinajstić information content (AvgIpc) is 2.65. The number of benzene rings is 1. The van der Waals surface area contributed by atoms with Gasteiger partial charge in [-0.25, -0.2) is 4.39 Å². The third kappa shape index (κ3) is 7.44. The van der Waals surface area contributed by atoms with E-state index in [0.717, 1.165) is 51.6 Å². The molecule has 27 heavy (non-hydrogen) atoms. The van der Waals surface area contributed by atoms with Gasteiger partial charge in [0.15, 0.2) is 5.96 Å². The number of nitrogens with one attached hydrogen (secondary N) is 1. The minimum Gasteiger partial charge on any atom is -0.366 e. The predicted octanol–water partition coefficient (Wildman–Crippen LogP) is 3.26. The van der Waals surface area contributed by atoms with E-state index in [2.05, 4.69) is 45.9 Å². The van der Waals surface area contributed by atoms with Crippen LogP contribution in [0.5, 0.6) is 0 Å². The smallest absolute Gasteiger partial charge is 0.193 e. The van der Waals surface area contributed by atoms with Crippen molar-refractivity contribution in [2.45, 2.75) is 32.7 Å². The summed E-state index contributed by atoms with van der Waals surface area (Å²) in [5, 5.41) is 3.47. The maximum atomic E-state index is 13.9. The summed E-state index contributed by atoms with van der Waals surface area (Å²) in [5.74, 6) is 0.810. The number of hydrogen-bond donors (Lipinski definition) is 1. The first kappa shape index (κ1) is 23.9. The molecule has 1 N–H and O–H groups in total. The van der Waals surface area contributed by atoms with Crippen LogP contribution in [-0.2, 0) is 0 Å². The van der Waals surface area contributed by atoms with E-state index in [-0.39, 0.29) is 29.8 Å². The number of halogens is 2. The molecule has 0 radical (unpaired) electrons. The second-order valence-corrected chi connectivity index (χ2v) is 7.18. The maximum Gasteiger partial charge on any atom is 0.193 e. The normalized spacial score (nSPS) is 15.3. The molecule has 154 valence electrons. The van der Waals surface area contributed by atoms with Gasteiger partial charge in [0.2, 0.25) is 0 Å². The lowest BCUT2D eigenvalue weighted by atomic mass is 10.2. The van der Waals surface area contributed by atoms with Crippen molar-refractivity contribution in [3.8, 4) is 0 Å². The van der Waals surface area contributed by atoms with Gasteiger partial charge < -0.3 is 20.0 Å². The fraction of sp³-hybridized carbons (Fsp3) is 0.650. The fourth-order valence-electron chi connectivity index (χ4n) is 3.14. The van der Waals surface area contributed by atoms with Crippen LogP contribution in [0.1, 0.15) is 26.7 Å². The SMILES string of the molecule is CN=C(NCCCCN(C)C(C)C)N1CCN(c2ccccc2F)CC1.I. The summed E-state index contributed by atoms with van der Waals surface area (Å²) in [4.78, 5) is 11.2. The summed E-state index contributed by atoms with van der Waals surface area (Å²) in [7, 11) is 4.00. The molecule has 1 aromatic rings. The molecule has 0 atom stereocenters. The third-order valence-corrected chi connectivity index (χ3v) is 5.09. The van der Waals surface area contributed by atoms with Crippen molar-refractivity contribution < 1.29 is 4.39 Å². The molecule has 0 saturated carbocycles. The van der Waals surface area contributed by atoms with Crippen molar-refractivity contribution in [3.63, 3.8) is 0 Å². The Morgan fingerprint density at radius 2 is 1.85 bits per heavy atom. The minimum atomic E-state index is -0.144. The molecular formula is C20H35FIN5. The Hall–Kier alpha value is -1.09. The molecule has 0 spiro atoms. The molecule has 0 unspecified atom stereocenters. The summed E-state index contributed by atoms with van der Waals surface area (Å²) in [6.45, 7) is 9.82. The Morgan fingerprint density at radius 1 is 1.19 bits per heavy atom. The van der Waals surface area contributed by atoms with Crippen molar-refractivity contribution in [3.05, 3.63) is 30.1 Å². The first-order valence-electron chi connectivity index (χ1n) is 9.68. The lowest BCUT2D eigenvalue weighted by molar-refractivity contribution is 0.268. The summed E-state index contributed by atoms with van der Waals surface area (Å²) >= 11 is 0. The average molecular weight is 491 g/mol. The Morgan fingerprint density at radius 3 is 2.44 bits per heavy atom. The topological polar surface area (TPSA) is 34.1 Å². The van der Waals surface area contributed by atoms with Crippen molar-refractivity contribution >= 4 is 35.6 Å². The number of rotatable bonds is 7. The molecule has 0 aromatic heterocycles. The molecule has 0 bridgehead atoms. The van der Waals surface area contributed by atoms with E-state index in [9.17, 15) is 4.39 Å². The summed E-state index contributed by atoms with van der Waals surface area (Å²) < 4.78 is 13.9. The molecule has 1 aromatic carbocycles. The summed E-state index contributed by atoms with van der Waals surface area (Å²) in [5.41, 5.74) is 0.698. The number of anilines is 1. The quantitative estimate of drug-likeness (QED) is 0.275. The van der Waals surface area contributed by atoms with Crippen LogP contribution in [-0.4, -0.2) is 75.2 Å². The molecule has 5 nitrogen and oxygen atoms in total. The van der Waals surface area contributed by atoms with E-state index in [1.807, 2.05) is 19.2 Å². The molecular weight excluding hydrogens is 456 g/mol. The highest BCUT2D eigenvalue weighted by Gasteiger charge is 2.21. The number of hydrogen-bond acceptors (Lipinski definition) is 3. The van der Waals surface area contributed by atoms with Gasteiger partial charge in [0, 0.05) is 45.8 Å². The molecule has 1 saturated heterocycles. The van der Waals surface area contributed by atoms with Crippen molar-refractivity contribution in [1.29, 1.82) is 0 Å². The lowest BCUT2D eigenvalue weighted by Crippen LogP contribution is -2.52. The van der Waals surface area contributed by atoms with Gasteiger partial charge in [-0.3, -0.25) is 4.99 Å². The monoisotopic (exact) mass is 491 g/mol. The van der Waals surface area contributed by atoms with E-state index in [1.165, 1.54) is 12.5 Å². The van der Waals surface area contributed by atoms with Crippen LogP contribution in [0.4, 0.5) is 10.1 Å². The predicted molar refractivity (Wildman–Crippen MR) is 124 cm³/mol. The van der Waals surface area contributed by atoms with Gasteiger partial charge in [-0.05, 0) is 52.4 Å². The lowest BCUT2D eigenvalue weighted by Gasteiger charge is -2.37. The van der Waals surface area contributed by atoms with Crippen LogP contribution in [0.25, 0.3) is 0 Å². The number of guanidine groups is 1. The Kier molecular flexibility index (Phi) is 11.0. The minimum absolute atomic E-state index is 0. The fourth-order valence-corrected chi connectivity index (χ4v) is 3.14. The molecule has 0 amide bonds. The van der Waals surface area contributed by atoms with Gasteiger partial charge in [0.25, 0.3) is 0 Å². The number of para-hydroxylation sites is 1. The summed E-state index contributed by atoms with van der Waals surface area (Å²) in [6, 6.07) is 7.61. The van der Waals surface area contributed by atoms with Gasteiger partial charge in [-0.2, -0.15) is 0 Å². The van der Waals surface area contributed by atoms with Crippen molar-refractivity contribution in [2.75, 3.05) is 58.3 Å². The number of unbranched alkanes of at least 4 members (excludes halogenated alkanes) is 1. The first-order valence-corrected chi connectivity index (χ1v) is 9.68. The zero-order valence-corrected chi connectivity index (χ0v) is 19.4. The van der Waals surface area contributed by atoms with Crippen LogP contribution in [0, 0.1) is 5.82 Å². The number of aliphatic imine (C=N–C) groups is 1. The van der Waals surface area contributed by atoms with Crippen molar-refractivity contribution in [2.24, 2.45) is 4.99 Å². The highest BCUT2D eigenvalue weighted by atomic mass is 127. The standard InChI is InChI=1S/C20H34FN5.HI/c1-17(2)24(4)12-8-7-11-23-20(22-3)26-15-13-25(14-16-26)19-10-6-5-9-18(19)21;/h5-6,9-10,17H,7-8,11-16H2,1-4H3,(H,22,23);1H. The van der Waals surface area contributed by atoms with E-state index in [1.54, 1.807) is 6.07 Å². The molecule has 7 heteroatoms. The van der Waals surface area contributed by atoms with Crippen LogP contribution in [0.2, 0.25) is 0 Å².